The van der Waals surface area contributed by atoms with Crippen molar-refractivity contribution < 1.29 is 13.9 Å². The number of ether oxygens (including phenoxy) is 1. The van der Waals surface area contributed by atoms with Crippen LogP contribution in [-0.2, 0) is 10.3 Å². The second-order valence-electron chi connectivity index (χ2n) is 6.26. The molecule has 0 saturated heterocycles. The standard InChI is InChI=1S/C19H21ClN2O3S/c1-2-24-17(23)14-12-13(7-8-15(14)20)21-18(26)22-19(9-3-4-10-19)16-6-5-11-25-16/h5-8,11-12H,2-4,9-10H2,1H3,(H2,21,22,26). The summed E-state index contributed by atoms with van der Waals surface area (Å²) >= 11 is 11.6. The SMILES string of the molecule is CCOC(=O)c1cc(NC(=S)NC2(c3ccco3)CCCC2)ccc1Cl. The molecular formula is C19H21ClN2O3S. The Labute approximate surface area is 163 Å². The molecule has 0 aliphatic heterocycles. The van der Waals surface area contributed by atoms with Crippen molar-refractivity contribution in [2.24, 2.45) is 0 Å². The van der Waals surface area contributed by atoms with Crippen LogP contribution < -0.4 is 10.6 Å². The Morgan fingerprint density at radius 3 is 2.77 bits per heavy atom. The first-order valence-electron chi connectivity index (χ1n) is 8.64. The fourth-order valence-corrected chi connectivity index (χ4v) is 3.82. The van der Waals surface area contributed by atoms with E-state index in [-0.39, 0.29) is 5.54 Å². The smallest absolute Gasteiger partial charge is 0.339 e. The lowest BCUT2D eigenvalue weighted by atomic mass is 9.94. The lowest BCUT2D eigenvalue weighted by Gasteiger charge is -2.29. The van der Waals surface area contributed by atoms with Crippen molar-refractivity contribution in [2.75, 3.05) is 11.9 Å². The van der Waals surface area contributed by atoms with Gasteiger partial charge in [-0.05, 0) is 62.3 Å². The summed E-state index contributed by atoms with van der Waals surface area (Å²) in [7, 11) is 0. The van der Waals surface area contributed by atoms with Crippen LogP contribution in [0.3, 0.4) is 0 Å². The van der Waals surface area contributed by atoms with E-state index in [1.807, 2.05) is 12.1 Å². The van der Waals surface area contributed by atoms with Crippen LogP contribution in [0.4, 0.5) is 5.69 Å². The van der Waals surface area contributed by atoms with E-state index in [0.717, 1.165) is 31.4 Å². The average molecular weight is 393 g/mol. The van der Waals surface area contributed by atoms with E-state index in [4.69, 9.17) is 33.0 Å². The Balaban J connectivity index is 1.74. The Morgan fingerprint density at radius 1 is 1.35 bits per heavy atom. The predicted molar refractivity (Wildman–Crippen MR) is 106 cm³/mol. The minimum Gasteiger partial charge on any atom is -0.467 e. The zero-order valence-electron chi connectivity index (χ0n) is 14.5. The van der Waals surface area contributed by atoms with Gasteiger partial charge in [-0.1, -0.05) is 24.4 Å². The first-order chi connectivity index (χ1) is 12.5. The molecule has 0 unspecified atom stereocenters. The molecule has 2 aromatic rings. The van der Waals surface area contributed by atoms with E-state index in [9.17, 15) is 4.79 Å². The molecule has 0 bridgehead atoms. The summed E-state index contributed by atoms with van der Waals surface area (Å²) in [4.78, 5) is 12.0. The number of nitrogens with one attached hydrogen (secondary N) is 2. The monoisotopic (exact) mass is 392 g/mol. The molecule has 0 spiro atoms. The molecule has 0 amide bonds. The van der Waals surface area contributed by atoms with Crippen molar-refractivity contribution in [3.8, 4) is 0 Å². The number of rotatable bonds is 5. The van der Waals surface area contributed by atoms with Crippen LogP contribution in [0.2, 0.25) is 5.02 Å². The lowest BCUT2D eigenvalue weighted by Crippen LogP contribution is -2.45. The van der Waals surface area contributed by atoms with Crippen LogP contribution in [0.25, 0.3) is 0 Å². The van der Waals surface area contributed by atoms with Gasteiger partial charge >= 0.3 is 5.97 Å². The van der Waals surface area contributed by atoms with Gasteiger partial charge in [0.2, 0.25) is 0 Å². The zero-order chi connectivity index (χ0) is 18.6. The number of thiocarbonyl (C=S) groups is 1. The largest absolute Gasteiger partial charge is 0.467 e. The van der Waals surface area contributed by atoms with Crippen molar-refractivity contribution in [1.29, 1.82) is 0 Å². The van der Waals surface area contributed by atoms with Crippen molar-refractivity contribution >= 4 is 40.6 Å². The summed E-state index contributed by atoms with van der Waals surface area (Å²) in [6, 6.07) is 8.92. The van der Waals surface area contributed by atoms with Gasteiger partial charge in [0.1, 0.15) is 5.76 Å². The highest BCUT2D eigenvalue weighted by Crippen LogP contribution is 2.39. The van der Waals surface area contributed by atoms with Gasteiger partial charge in [-0.15, -0.1) is 0 Å². The third-order valence-electron chi connectivity index (χ3n) is 4.52. The van der Waals surface area contributed by atoms with Crippen LogP contribution in [-0.4, -0.2) is 17.7 Å². The number of furan rings is 1. The van der Waals surface area contributed by atoms with E-state index in [2.05, 4.69) is 10.6 Å². The van der Waals surface area contributed by atoms with E-state index in [1.54, 1.807) is 31.4 Å². The number of carbonyl (C=O) groups excluding carboxylic acids is 1. The highest BCUT2D eigenvalue weighted by atomic mass is 35.5. The molecule has 1 fully saturated rings. The predicted octanol–water partition coefficient (Wildman–Crippen LogP) is 4.87. The third-order valence-corrected chi connectivity index (χ3v) is 5.06. The fourth-order valence-electron chi connectivity index (χ4n) is 3.31. The van der Waals surface area contributed by atoms with E-state index >= 15 is 0 Å². The van der Waals surface area contributed by atoms with Gasteiger partial charge in [0, 0.05) is 5.69 Å². The minimum absolute atomic E-state index is 0.288. The summed E-state index contributed by atoms with van der Waals surface area (Å²) in [5.41, 5.74) is 0.690. The highest BCUT2D eigenvalue weighted by Gasteiger charge is 2.38. The maximum absolute atomic E-state index is 12.0. The normalized spacial score (nSPS) is 15.5. The Hall–Kier alpha value is -2.05. The van der Waals surface area contributed by atoms with Crippen LogP contribution >= 0.6 is 23.8 Å². The number of carbonyl (C=O) groups is 1. The van der Waals surface area contributed by atoms with E-state index in [1.165, 1.54) is 0 Å². The molecule has 2 N–H and O–H groups in total. The summed E-state index contributed by atoms with van der Waals surface area (Å²) in [6.45, 7) is 2.04. The van der Waals surface area contributed by atoms with Gasteiger partial charge in [-0.25, -0.2) is 4.79 Å². The average Bonchev–Trinajstić information content (AvgIpc) is 3.29. The van der Waals surface area contributed by atoms with Crippen molar-refractivity contribution in [1.82, 2.24) is 5.32 Å². The molecule has 26 heavy (non-hydrogen) atoms. The fraction of sp³-hybridized carbons (Fsp3) is 0.368. The number of hydrogen-bond donors (Lipinski definition) is 2. The number of hydrogen-bond acceptors (Lipinski definition) is 4. The maximum atomic E-state index is 12.0. The zero-order valence-corrected chi connectivity index (χ0v) is 16.1. The molecule has 1 heterocycles. The number of anilines is 1. The topological polar surface area (TPSA) is 63.5 Å². The van der Waals surface area contributed by atoms with Gasteiger partial charge in [0.05, 0.1) is 29.0 Å². The number of halogens is 1. The maximum Gasteiger partial charge on any atom is 0.339 e. The summed E-state index contributed by atoms with van der Waals surface area (Å²) in [6.07, 6.45) is 5.82. The van der Waals surface area contributed by atoms with Crippen LogP contribution in [0.5, 0.6) is 0 Å². The van der Waals surface area contributed by atoms with Gasteiger partial charge in [0.25, 0.3) is 0 Å². The Bertz CT molecular complexity index is 786. The number of esters is 1. The summed E-state index contributed by atoms with van der Waals surface area (Å²) < 4.78 is 10.7. The molecule has 138 valence electrons. The van der Waals surface area contributed by atoms with Gasteiger partial charge in [0.15, 0.2) is 5.11 Å². The quantitative estimate of drug-likeness (QED) is 0.559. The lowest BCUT2D eigenvalue weighted by molar-refractivity contribution is 0.0526. The first kappa shape index (κ1) is 18.7. The van der Waals surface area contributed by atoms with Crippen molar-refractivity contribution in [3.05, 3.63) is 52.9 Å². The molecule has 0 radical (unpaired) electrons. The minimum atomic E-state index is -0.456. The molecule has 3 rings (SSSR count). The Morgan fingerprint density at radius 2 is 2.12 bits per heavy atom. The van der Waals surface area contributed by atoms with Gasteiger partial charge < -0.3 is 19.8 Å². The summed E-state index contributed by atoms with van der Waals surface area (Å²) in [5, 5.41) is 7.36. The van der Waals surface area contributed by atoms with Crippen molar-refractivity contribution in [3.63, 3.8) is 0 Å². The highest BCUT2D eigenvalue weighted by molar-refractivity contribution is 7.80. The first-order valence-corrected chi connectivity index (χ1v) is 9.42. The molecule has 1 aliphatic rings. The molecule has 1 aromatic carbocycles. The van der Waals surface area contributed by atoms with Gasteiger partial charge in [-0.3, -0.25) is 0 Å². The molecule has 0 atom stereocenters. The second kappa shape index (κ2) is 8.10. The van der Waals surface area contributed by atoms with Crippen molar-refractivity contribution in [2.45, 2.75) is 38.1 Å². The van der Waals surface area contributed by atoms with E-state index in [0.29, 0.717) is 28.0 Å². The summed E-state index contributed by atoms with van der Waals surface area (Å²) in [5.74, 6) is 0.436. The van der Waals surface area contributed by atoms with E-state index < -0.39 is 5.97 Å². The van der Waals surface area contributed by atoms with Crippen LogP contribution in [0, 0.1) is 0 Å². The van der Waals surface area contributed by atoms with Crippen LogP contribution in [0.1, 0.15) is 48.7 Å². The molecule has 1 saturated carbocycles. The molecule has 5 nitrogen and oxygen atoms in total. The van der Waals surface area contributed by atoms with Crippen LogP contribution in [0.15, 0.2) is 41.0 Å². The Kier molecular flexibility index (Phi) is 5.84. The molecule has 7 heteroatoms. The third kappa shape index (κ3) is 4.02. The van der Waals surface area contributed by atoms with Gasteiger partial charge in [-0.2, -0.15) is 0 Å². The molecular weight excluding hydrogens is 372 g/mol. The molecule has 1 aromatic heterocycles. The second-order valence-corrected chi connectivity index (χ2v) is 7.08. The number of benzene rings is 1. The molecule has 1 aliphatic carbocycles.